The number of carbonyl (C=O) groups excluding carboxylic acids is 2. The highest BCUT2D eigenvalue weighted by Gasteiger charge is 2.37. The Morgan fingerprint density at radius 1 is 1.40 bits per heavy atom. The molecule has 1 heterocycles. The van der Waals surface area contributed by atoms with Crippen molar-refractivity contribution in [3.05, 3.63) is 28.8 Å². The minimum absolute atomic E-state index is 0.0106. The molecular weight excluding hydrogens is 297 g/mol. The normalized spacial score (nSPS) is 19.5. The zero-order valence-corrected chi connectivity index (χ0v) is 10.8. The number of nitrogens with two attached hydrogens (primary N) is 1. The molecule has 1 fully saturated rings. The van der Waals surface area contributed by atoms with Crippen LogP contribution in [0.5, 0.6) is 0 Å². The highest BCUT2D eigenvalue weighted by Crippen LogP contribution is 2.37. The van der Waals surface area contributed by atoms with Crippen LogP contribution in [0, 0.1) is 5.92 Å². The summed E-state index contributed by atoms with van der Waals surface area (Å²) in [5.41, 5.74) is 4.14. The van der Waals surface area contributed by atoms with Gasteiger partial charge in [0, 0.05) is 13.0 Å². The van der Waals surface area contributed by atoms with Crippen molar-refractivity contribution in [2.75, 3.05) is 11.4 Å². The van der Waals surface area contributed by atoms with E-state index < -0.39 is 29.5 Å². The molecular formula is C12H10ClF3N2O2. The van der Waals surface area contributed by atoms with Gasteiger partial charge in [-0.3, -0.25) is 9.59 Å². The minimum Gasteiger partial charge on any atom is -0.369 e. The van der Waals surface area contributed by atoms with Gasteiger partial charge < -0.3 is 10.6 Å². The van der Waals surface area contributed by atoms with Gasteiger partial charge in [0.1, 0.15) is 0 Å². The van der Waals surface area contributed by atoms with Crippen LogP contribution in [-0.4, -0.2) is 18.4 Å². The first-order chi connectivity index (χ1) is 9.20. The number of benzene rings is 1. The van der Waals surface area contributed by atoms with Crippen molar-refractivity contribution in [3.63, 3.8) is 0 Å². The Bertz CT molecular complexity index is 574. The summed E-state index contributed by atoms with van der Waals surface area (Å²) in [5.74, 6) is -1.85. The molecule has 0 aliphatic carbocycles. The zero-order valence-electron chi connectivity index (χ0n) is 10.1. The second-order valence-corrected chi connectivity index (χ2v) is 4.88. The summed E-state index contributed by atoms with van der Waals surface area (Å²) in [7, 11) is 0. The fourth-order valence-corrected chi connectivity index (χ4v) is 2.25. The highest BCUT2D eigenvalue weighted by atomic mass is 35.5. The number of nitrogens with zero attached hydrogens (tertiary/aromatic N) is 1. The number of amides is 2. The van der Waals surface area contributed by atoms with E-state index in [4.69, 9.17) is 17.3 Å². The number of alkyl halides is 3. The molecule has 0 aromatic heterocycles. The lowest BCUT2D eigenvalue weighted by molar-refractivity contribution is -0.137. The Labute approximate surface area is 117 Å². The highest BCUT2D eigenvalue weighted by molar-refractivity contribution is 6.34. The Morgan fingerprint density at radius 2 is 2.05 bits per heavy atom. The summed E-state index contributed by atoms with van der Waals surface area (Å²) in [4.78, 5) is 23.9. The van der Waals surface area contributed by atoms with Gasteiger partial charge in [-0.15, -0.1) is 0 Å². The molecule has 20 heavy (non-hydrogen) atoms. The lowest BCUT2D eigenvalue weighted by atomic mass is 10.1. The first-order valence-electron chi connectivity index (χ1n) is 5.66. The monoisotopic (exact) mass is 306 g/mol. The van der Waals surface area contributed by atoms with E-state index >= 15 is 0 Å². The van der Waals surface area contributed by atoms with Crippen molar-refractivity contribution in [2.45, 2.75) is 12.6 Å². The van der Waals surface area contributed by atoms with Crippen LogP contribution in [0.15, 0.2) is 18.2 Å². The van der Waals surface area contributed by atoms with E-state index in [1.54, 1.807) is 0 Å². The van der Waals surface area contributed by atoms with Crippen LogP contribution in [0.25, 0.3) is 0 Å². The third-order valence-corrected chi connectivity index (χ3v) is 3.41. The standard InChI is InChI=1S/C12H10ClF3N2O2/c13-8-2-1-7(12(14,15)16)4-9(8)18-5-6(11(17)20)3-10(18)19/h1-2,4,6H,3,5H2,(H2,17,20)/t6-/m1/s1. The minimum atomic E-state index is -4.54. The van der Waals surface area contributed by atoms with Gasteiger partial charge in [-0.1, -0.05) is 11.6 Å². The number of hydrogen-bond donors (Lipinski definition) is 1. The molecule has 1 aliphatic rings. The van der Waals surface area contributed by atoms with Gasteiger partial charge in [0.15, 0.2) is 0 Å². The average Bonchev–Trinajstić information content (AvgIpc) is 2.70. The van der Waals surface area contributed by atoms with Crippen LogP contribution >= 0.6 is 11.6 Å². The van der Waals surface area contributed by atoms with E-state index in [1.807, 2.05) is 0 Å². The van der Waals surface area contributed by atoms with Crippen LogP contribution in [0.1, 0.15) is 12.0 Å². The molecule has 0 saturated carbocycles. The number of rotatable bonds is 2. The van der Waals surface area contributed by atoms with Crippen molar-refractivity contribution in [1.82, 2.24) is 0 Å². The first-order valence-corrected chi connectivity index (χ1v) is 6.04. The zero-order chi connectivity index (χ0) is 15.1. The van der Waals surface area contributed by atoms with E-state index in [9.17, 15) is 22.8 Å². The van der Waals surface area contributed by atoms with Crippen molar-refractivity contribution >= 4 is 29.1 Å². The summed E-state index contributed by atoms with van der Waals surface area (Å²) in [6, 6.07) is 2.70. The van der Waals surface area contributed by atoms with E-state index in [0.717, 1.165) is 23.1 Å². The van der Waals surface area contributed by atoms with Crippen molar-refractivity contribution in [1.29, 1.82) is 0 Å². The molecule has 1 aromatic carbocycles. The van der Waals surface area contributed by atoms with Gasteiger partial charge in [-0.25, -0.2) is 0 Å². The van der Waals surface area contributed by atoms with Crippen molar-refractivity contribution < 1.29 is 22.8 Å². The number of carbonyl (C=O) groups is 2. The van der Waals surface area contributed by atoms with Crippen LogP contribution in [0.3, 0.4) is 0 Å². The molecule has 2 rings (SSSR count). The van der Waals surface area contributed by atoms with Crippen molar-refractivity contribution in [3.8, 4) is 0 Å². The maximum Gasteiger partial charge on any atom is 0.416 e. The Balaban J connectivity index is 2.38. The molecule has 1 saturated heterocycles. The molecule has 108 valence electrons. The second kappa shape index (κ2) is 4.97. The topological polar surface area (TPSA) is 63.4 Å². The summed E-state index contributed by atoms with van der Waals surface area (Å²) in [5, 5.41) is 0.0106. The van der Waals surface area contributed by atoms with E-state index in [0.29, 0.717) is 0 Å². The summed E-state index contributed by atoms with van der Waals surface area (Å²) in [6.45, 7) is -0.0603. The van der Waals surface area contributed by atoms with Gasteiger partial charge >= 0.3 is 6.18 Å². The van der Waals surface area contributed by atoms with E-state index in [2.05, 4.69) is 0 Å². The smallest absolute Gasteiger partial charge is 0.369 e. The molecule has 1 aromatic rings. The third kappa shape index (κ3) is 2.72. The molecule has 4 nitrogen and oxygen atoms in total. The lowest BCUT2D eigenvalue weighted by Gasteiger charge is -2.19. The number of halogens is 4. The van der Waals surface area contributed by atoms with Crippen LogP contribution in [0.4, 0.5) is 18.9 Å². The number of hydrogen-bond acceptors (Lipinski definition) is 2. The average molecular weight is 307 g/mol. The summed E-state index contributed by atoms with van der Waals surface area (Å²) >= 11 is 5.84. The summed E-state index contributed by atoms with van der Waals surface area (Å²) < 4.78 is 38.0. The predicted octanol–water partition coefficient (Wildman–Crippen LogP) is 2.20. The van der Waals surface area contributed by atoms with Crippen LogP contribution < -0.4 is 10.6 Å². The SMILES string of the molecule is NC(=O)[C@@H]1CC(=O)N(c2cc(C(F)(F)F)ccc2Cl)C1. The molecule has 1 aliphatic heterocycles. The maximum absolute atomic E-state index is 12.7. The Morgan fingerprint density at radius 3 is 2.55 bits per heavy atom. The maximum atomic E-state index is 12.7. The Hall–Kier alpha value is -1.76. The van der Waals surface area contributed by atoms with Gasteiger partial charge in [-0.05, 0) is 18.2 Å². The fraction of sp³-hybridized carbons (Fsp3) is 0.333. The van der Waals surface area contributed by atoms with Gasteiger partial charge in [0.2, 0.25) is 11.8 Å². The molecule has 0 spiro atoms. The molecule has 0 unspecified atom stereocenters. The molecule has 1 atom stereocenters. The molecule has 2 amide bonds. The second-order valence-electron chi connectivity index (χ2n) is 4.47. The lowest BCUT2D eigenvalue weighted by Crippen LogP contribution is -2.28. The third-order valence-electron chi connectivity index (χ3n) is 3.09. The molecule has 0 radical (unpaired) electrons. The van der Waals surface area contributed by atoms with Crippen LogP contribution in [-0.2, 0) is 15.8 Å². The van der Waals surface area contributed by atoms with E-state index in [-0.39, 0.29) is 23.7 Å². The number of anilines is 1. The predicted molar refractivity (Wildman–Crippen MR) is 66.1 cm³/mol. The first kappa shape index (κ1) is 14.6. The quantitative estimate of drug-likeness (QED) is 0.910. The van der Waals surface area contributed by atoms with Gasteiger partial charge in [-0.2, -0.15) is 13.2 Å². The molecule has 2 N–H and O–H groups in total. The van der Waals surface area contributed by atoms with E-state index in [1.165, 1.54) is 0 Å². The largest absolute Gasteiger partial charge is 0.416 e. The van der Waals surface area contributed by atoms with Crippen molar-refractivity contribution in [2.24, 2.45) is 11.7 Å². The summed E-state index contributed by atoms with van der Waals surface area (Å²) in [6.07, 6.45) is -4.66. The van der Waals surface area contributed by atoms with Gasteiger partial charge in [0.25, 0.3) is 0 Å². The fourth-order valence-electron chi connectivity index (χ4n) is 2.03. The molecule has 0 bridgehead atoms. The van der Waals surface area contributed by atoms with Crippen LogP contribution in [0.2, 0.25) is 5.02 Å². The number of primary amides is 1. The Kier molecular flexibility index (Phi) is 3.64. The van der Waals surface area contributed by atoms with Gasteiger partial charge in [0.05, 0.1) is 22.2 Å². The molecule has 8 heteroatoms.